The Bertz CT molecular complexity index is 1310. The molecule has 0 aliphatic carbocycles. The lowest BCUT2D eigenvalue weighted by molar-refractivity contribution is -0.384. The summed E-state index contributed by atoms with van der Waals surface area (Å²) in [5.74, 6) is -0.443. The molecule has 4 aromatic rings. The number of nitro benzene ring substituents is 1. The van der Waals surface area contributed by atoms with Crippen LogP contribution < -0.4 is 4.74 Å². The van der Waals surface area contributed by atoms with Crippen LogP contribution in [-0.2, 0) is 0 Å². The molecule has 2 aromatic carbocycles. The van der Waals surface area contributed by atoms with Gasteiger partial charge in [0.05, 0.1) is 14.5 Å². The zero-order valence-electron chi connectivity index (χ0n) is 16.1. The number of non-ortho nitro benzene ring substituents is 1. The molecule has 3 heterocycles. The minimum absolute atomic E-state index is 0.0111. The highest BCUT2D eigenvalue weighted by atomic mass is 32.1. The number of piperidine rings is 1. The van der Waals surface area contributed by atoms with Crippen molar-refractivity contribution in [3.05, 3.63) is 63.3 Å². The van der Waals surface area contributed by atoms with Gasteiger partial charge in [-0.2, -0.15) is 4.98 Å². The number of likely N-dealkylation sites (tertiary alicyclic amines) is 1. The zero-order valence-corrected chi connectivity index (χ0v) is 17.7. The van der Waals surface area contributed by atoms with Crippen LogP contribution in [0.3, 0.4) is 0 Å². The quantitative estimate of drug-likeness (QED) is 0.309. The van der Waals surface area contributed by atoms with Gasteiger partial charge in [0.15, 0.2) is 0 Å². The number of hydrogen-bond donors (Lipinski definition) is 0. The molecule has 5 rings (SSSR count). The van der Waals surface area contributed by atoms with Crippen LogP contribution in [0.15, 0.2) is 42.5 Å². The van der Waals surface area contributed by atoms with Crippen molar-refractivity contribution in [2.75, 3.05) is 13.1 Å². The van der Waals surface area contributed by atoms with Crippen LogP contribution in [0.2, 0.25) is 0 Å². The molecule has 7 nitrogen and oxygen atoms in total. The molecule has 0 saturated carbocycles. The van der Waals surface area contributed by atoms with Crippen LogP contribution in [0.4, 0.5) is 10.1 Å². The maximum atomic E-state index is 13.8. The Kier molecular flexibility index (Phi) is 5.03. The van der Waals surface area contributed by atoms with Crippen LogP contribution in [0.5, 0.6) is 5.19 Å². The van der Waals surface area contributed by atoms with Gasteiger partial charge in [0, 0.05) is 48.2 Å². The first kappa shape index (κ1) is 19.8. The fourth-order valence-corrected chi connectivity index (χ4v) is 5.58. The molecular formula is C21H16FN3O4S2. The average molecular weight is 458 g/mol. The summed E-state index contributed by atoms with van der Waals surface area (Å²) in [7, 11) is 0. The molecule has 0 radical (unpaired) electrons. The van der Waals surface area contributed by atoms with Gasteiger partial charge in [-0.15, -0.1) is 11.3 Å². The normalized spacial score (nSPS) is 14.9. The Morgan fingerprint density at radius 1 is 1.16 bits per heavy atom. The van der Waals surface area contributed by atoms with E-state index in [1.165, 1.54) is 40.9 Å². The lowest BCUT2D eigenvalue weighted by Crippen LogP contribution is -2.41. The molecule has 1 aliphatic rings. The number of halogens is 1. The molecule has 1 saturated heterocycles. The van der Waals surface area contributed by atoms with E-state index in [-0.39, 0.29) is 23.5 Å². The highest BCUT2D eigenvalue weighted by molar-refractivity contribution is 7.21. The Morgan fingerprint density at radius 3 is 2.71 bits per heavy atom. The number of carbonyl (C=O) groups excluding carboxylic acids is 1. The van der Waals surface area contributed by atoms with Gasteiger partial charge in [-0.3, -0.25) is 14.9 Å². The first-order valence-electron chi connectivity index (χ1n) is 9.67. The zero-order chi connectivity index (χ0) is 21.5. The number of ether oxygens (including phenoxy) is 1. The van der Waals surface area contributed by atoms with E-state index in [2.05, 4.69) is 4.98 Å². The SMILES string of the molecule is O=C(c1cc2cc([N+](=O)[O-])ccc2s1)N1CCC(Oc2nc3c(F)cccc3s2)CC1. The topological polar surface area (TPSA) is 85.6 Å². The van der Waals surface area contributed by atoms with E-state index in [1.54, 1.807) is 23.1 Å². The van der Waals surface area contributed by atoms with E-state index in [9.17, 15) is 19.3 Å². The monoisotopic (exact) mass is 457 g/mol. The minimum atomic E-state index is -0.441. The number of thiophene rings is 1. The lowest BCUT2D eigenvalue weighted by Gasteiger charge is -2.31. The molecule has 1 amide bonds. The molecule has 0 unspecified atom stereocenters. The Labute approximate surface area is 183 Å². The second-order valence-corrected chi connectivity index (χ2v) is 9.34. The van der Waals surface area contributed by atoms with E-state index in [4.69, 9.17) is 4.74 Å². The molecule has 0 atom stereocenters. The highest BCUT2D eigenvalue weighted by Crippen LogP contribution is 2.32. The molecule has 1 fully saturated rings. The van der Waals surface area contributed by atoms with Gasteiger partial charge in [-0.25, -0.2) is 4.39 Å². The highest BCUT2D eigenvalue weighted by Gasteiger charge is 2.27. The van der Waals surface area contributed by atoms with Gasteiger partial charge in [0.1, 0.15) is 17.4 Å². The number of aromatic nitrogens is 1. The van der Waals surface area contributed by atoms with Gasteiger partial charge < -0.3 is 9.64 Å². The fourth-order valence-electron chi connectivity index (χ4n) is 3.67. The number of fused-ring (bicyclic) bond motifs is 2. The first-order chi connectivity index (χ1) is 15.0. The van der Waals surface area contributed by atoms with E-state index < -0.39 is 4.92 Å². The Hall–Kier alpha value is -3.11. The predicted molar refractivity (Wildman–Crippen MR) is 118 cm³/mol. The summed E-state index contributed by atoms with van der Waals surface area (Å²) in [6.45, 7) is 1.08. The minimum Gasteiger partial charge on any atom is -0.467 e. The third kappa shape index (κ3) is 3.84. The molecule has 10 heteroatoms. The summed E-state index contributed by atoms with van der Waals surface area (Å²) >= 11 is 2.65. The molecule has 2 aromatic heterocycles. The van der Waals surface area contributed by atoms with Gasteiger partial charge in [0.25, 0.3) is 16.8 Å². The molecule has 31 heavy (non-hydrogen) atoms. The number of amides is 1. The van der Waals surface area contributed by atoms with E-state index in [0.29, 0.717) is 46.9 Å². The summed E-state index contributed by atoms with van der Waals surface area (Å²) in [6.07, 6.45) is 1.22. The van der Waals surface area contributed by atoms with Gasteiger partial charge in [-0.1, -0.05) is 17.4 Å². The van der Waals surface area contributed by atoms with Gasteiger partial charge in [-0.05, 0) is 24.3 Å². The third-order valence-corrected chi connectivity index (χ3v) is 7.28. The van der Waals surface area contributed by atoms with Crippen LogP contribution in [0.25, 0.3) is 20.3 Å². The van der Waals surface area contributed by atoms with Crippen molar-refractivity contribution in [1.82, 2.24) is 9.88 Å². The van der Waals surface area contributed by atoms with Crippen molar-refractivity contribution in [3.63, 3.8) is 0 Å². The van der Waals surface area contributed by atoms with Crippen molar-refractivity contribution in [2.45, 2.75) is 18.9 Å². The second-order valence-electron chi connectivity index (χ2n) is 7.27. The lowest BCUT2D eigenvalue weighted by atomic mass is 10.1. The van der Waals surface area contributed by atoms with Crippen LogP contribution in [-0.4, -0.2) is 39.9 Å². The number of hydrogen-bond acceptors (Lipinski definition) is 7. The van der Waals surface area contributed by atoms with Crippen molar-refractivity contribution in [1.29, 1.82) is 0 Å². The number of para-hydroxylation sites is 1. The Balaban J connectivity index is 1.24. The number of nitro groups is 1. The number of benzene rings is 2. The standard InChI is InChI=1S/C21H16FN3O4S2/c22-15-2-1-3-17-19(15)23-21(31-17)29-14-6-8-24(9-7-14)20(26)18-11-12-10-13(25(27)28)4-5-16(12)30-18/h1-5,10-11,14H,6-9H2. The average Bonchev–Trinajstić information content (AvgIpc) is 3.37. The largest absolute Gasteiger partial charge is 0.467 e. The summed E-state index contributed by atoms with van der Waals surface area (Å²) in [5, 5.41) is 12.1. The van der Waals surface area contributed by atoms with E-state index in [0.717, 1.165) is 9.40 Å². The molecule has 158 valence electrons. The van der Waals surface area contributed by atoms with Gasteiger partial charge in [0.2, 0.25) is 0 Å². The Morgan fingerprint density at radius 2 is 1.97 bits per heavy atom. The molecule has 1 aliphatic heterocycles. The maximum Gasteiger partial charge on any atom is 0.274 e. The van der Waals surface area contributed by atoms with Crippen LogP contribution >= 0.6 is 22.7 Å². The van der Waals surface area contributed by atoms with Crippen molar-refractivity contribution in [2.24, 2.45) is 0 Å². The summed E-state index contributed by atoms with van der Waals surface area (Å²) in [6, 6.07) is 11.2. The summed E-state index contributed by atoms with van der Waals surface area (Å²) in [4.78, 5) is 30.0. The van der Waals surface area contributed by atoms with E-state index in [1.807, 2.05) is 6.07 Å². The molecular weight excluding hydrogens is 441 g/mol. The molecule has 0 spiro atoms. The van der Waals surface area contributed by atoms with Crippen molar-refractivity contribution in [3.8, 4) is 5.19 Å². The fraction of sp³-hybridized carbons (Fsp3) is 0.238. The van der Waals surface area contributed by atoms with Gasteiger partial charge >= 0.3 is 0 Å². The van der Waals surface area contributed by atoms with Crippen molar-refractivity contribution < 1.29 is 18.8 Å². The summed E-state index contributed by atoms with van der Waals surface area (Å²) in [5.41, 5.74) is 0.331. The number of nitrogens with zero attached hydrogens (tertiary/aromatic N) is 3. The van der Waals surface area contributed by atoms with Crippen LogP contribution in [0.1, 0.15) is 22.5 Å². The first-order valence-corrected chi connectivity index (χ1v) is 11.3. The third-order valence-electron chi connectivity index (χ3n) is 5.27. The summed E-state index contributed by atoms with van der Waals surface area (Å²) < 4.78 is 21.4. The smallest absolute Gasteiger partial charge is 0.274 e. The second kappa shape index (κ2) is 7.86. The number of carbonyl (C=O) groups is 1. The molecule has 0 bridgehead atoms. The predicted octanol–water partition coefficient (Wildman–Crippen LogP) is 5.24. The maximum absolute atomic E-state index is 13.8. The number of thiazole rings is 1. The van der Waals surface area contributed by atoms with Crippen LogP contribution in [0, 0.1) is 15.9 Å². The van der Waals surface area contributed by atoms with Crippen molar-refractivity contribution >= 4 is 54.6 Å². The number of rotatable bonds is 4. The molecule has 0 N–H and O–H groups in total. The van der Waals surface area contributed by atoms with E-state index >= 15 is 0 Å².